The van der Waals surface area contributed by atoms with Gasteiger partial charge in [-0.2, -0.15) is 0 Å². The molecule has 0 aliphatic rings. The average molecular weight is 231 g/mol. The van der Waals surface area contributed by atoms with E-state index in [1.807, 2.05) is 0 Å². The Kier molecular flexibility index (Phi) is 25.8. The summed E-state index contributed by atoms with van der Waals surface area (Å²) in [5.41, 5.74) is 0. The third-order valence-corrected chi connectivity index (χ3v) is 0. The van der Waals surface area contributed by atoms with Crippen LogP contribution < -0.4 is 0 Å². The molecule has 0 bridgehead atoms. The number of hydrogen-bond acceptors (Lipinski definition) is 1. The zero-order chi connectivity index (χ0) is 4.50. The summed E-state index contributed by atoms with van der Waals surface area (Å²) in [7, 11) is -5.14. The molecule has 0 heterocycles. The minimum atomic E-state index is -5.14. The van der Waals surface area contributed by atoms with E-state index >= 15 is 0 Å². The molecule has 0 aromatic heterocycles. The van der Waals surface area contributed by atoms with Gasteiger partial charge in [0.05, 0.1) is 0 Å². The van der Waals surface area contributed by atoms with Crippen LogP contribution in [-0.2, 0) is 40.2 Å². The molecule has 0 rings (SSSR count). The second-order valence-electron chi connectivity index (χ2n) is 0.473. The molecule has 0 amide bonds. The van der Waals surface area contributed by atoms with Gasteiger partial charge in [-0.1, -0.05) is 0 Å². The van der Waals surface area contributed by atoms with Crippen molar-refractivity contribution in [2.75, 3.05) is 0 Å². The third kappa shape index (κ3) is 88.6. The van der Waals surface area contributed by atoms with E-state index in [2.05, 4.69) is 0 Å². The van der Waals surface area contributed by atoms with Crippen LogP contribution in [-0.4, -0.2) is 39.3 Å². The van der Waals surface area contributed by atoms with Gasteiger partial charge in [-0.15, -0.1) is 4.20 Å². The molecular weight excluding hydrogens is 228 g/mol. The van der Waals surface area contributed by atoms with Crippen molar-refractivity contribution in [2.24, 2.45) is 0 Å². The van der Waals surface area contributed by atoms with Crippen LogP contribution in [0.25, 0.3) is 0 Å². The normalized spacial score (nSPS) is 7.38. The maximum atomic E-state index is 10.4. The Bertz CT molecular complexity index is 65.4. The Morgan fingerprint density at radius 3 is 1.38 bits per heavy atom. The van der Waals surface area contributed by atoms with Crippen LogP contribution in [0.3, 0.4) is 0 Å². The van der Waals surface area contributed by atoms with Gasteiger partial charge >= 0.3 is 37.5 Å². The van der Waals surface area contributed by atoms with Gasteiger partial charge < -0.3 is 0 Å². The molecule has 0 saturated heterocycles. The molecule has 1 radical (unpaired) electrons. The van der Waals surface area contributed by atoms with Crippen LogP contribution >= 0.6 is 7.91 Å². The van der Waals surface area contributed by atoms with Crippen molar-refractivity contribution in [1.29, 1.82) is 0 Å². The minimum Gasteiger partial charge on any atom is 0 e. The summed E-state index contributed by atoms with van der Waals surface area (Å²) >= 11 is 0. The summed E-state index contributed by atoms with van der Waals surface area (Å²) in [5.74, 6) is 0. The largest absolute Gasteiger partial charge is 0 e. The fourth-order valence-electron chi connectivity index (χ4n) is 0. The van der Waals surface area contributed by atoms with Crippen LogP contribution in [0.5, 0.6) is 0 Å². The predicted octanol–water partition coefficient (Wildman–Crippen LogP) is -0.605. The van der Waals surface area contributed by atoms with Crippen molar-refractivity contribution in [1.82, 2.24) is 0 Å². The van der Waals surface area contributed by atoms with Gasteiger partial charge in [0.1, 0.15) is 0 Å². The molecule has 2 N–H and O–H groups in total. The Morgan fingerprint density at radius 1 is 1.38 bits per heavy atom. The first-order valence-corrected chi connectivity index (χ1v) is 2.25. The summed E-state index contributed by atoms with van der Waals surface area (Å²) < 4.78 is 19.0. The standard InChI is InChI=1S/FH2O3P.Fe.Na.V.H/c1-5(2,3)4;;;;/h(H2,2,3,4);;;;. The summed E-state index contributed by atoms with van der Waals surface area (Å²) in [5, 5.41) is 0. The molecule has 0 aromatic carbocycles. The quantitative estimate of drug-likeness (QED) is 0.432. The molecule has 0 aromatic rings. The molecule has 0 saturated carbocycles. The van der Waals surface area contributed by atoms with Crippen LogP contribution in [0.15, 0.2) is 0 Å². The van der Waals surface area contributed by atoms with E-state index in [1.165, 1.54) is 0 Å². The summed E-state index contributed by atoms with van der Waals surface area (Å²) in [6.07, 6.45) is 0. The van der Waals surface area contributed by atoms with E-state index in [4.69, 9.17) is 14.4 Å². The maximum Gasteiger partial charge on any atom is 0 e. The van der Waals surface area contributed by atoms with Gasteiger partial charge in [-0.3, -0.25) is 9.79 Å². The molecule has 0 aliphatic carbocycles. The molecule has 8 heteroatoms. The topological polar surface area (TPSA) is 57.5 Å². The predicted molar refractivity (Wildman–Crippen MR) is 20.3 cm³/mol. The van der Waals surface area contributed by atoms with Gasteiger partial charge in [0, 0.05) is 35.6 Å². The van der Waals surface area contributed by atoms with Crippen LogP contribution in [0.1, 0.15) is 0 Å². The molecule has 0 unspecified atom stereocenters. The molecular formula is H3FFeNaO3PV. The monoisotopic (exact) mass is 231 g/mol. The zero-order valence-electron chi connectivity index (χ0n) is 2.93. The smallest absolute Gasteiger partial charge is 0 e. The number of halogens is 1. The Balaban J connectivity index is -0.0000000267. The van der Waals surface area contributed by atoms with Crippen LogP contribution in [0.4, 0.5) is 4.20 Å². The fraction of sp³-hybridized carbons (Fsp3) is 0. The van der Waals surface area contributed by atoms with Crippen molar-refractivity contribution in [2.45, 2.75) is 0 Å². The molecule has 0 aliphatic heterocycles. The Labute approximate surface area is 90.7 Å². The SMILES string of the molecule is O=P(O)(O)F.[Fe].[NaH].[V]. The minimum absolute atomic E-state index is 0. The van der Waals surface area contributed by atoms with Crippen molar-refractivity contribution in [3.05, 3.63) is 0 Å². The van der Waals surface area contributed by atoms with Gasteiger partial charge in [0.2, 0.25) is 0 Å². The van der Waals surface area contributed by atoms with E-state index < -0.39 is 7.91 Å². The van der Waals surface area contributed by atoms with E-state index in [9.17, 15) is 4.20 Å². The van der Waals surface area contributed by atoms with Crippen molar-refractivity contribution < 1.29 is 54.2 Å². The second-order valence-corrected chi connectivity index (χ2v) is 1.42. The van der Waals surface area contributed by atoms with Gasteiger partial charge in [0.15, 0.2) is 0 Å². The Morgan fingerprint density at radius 2 is 1.38 bits per heavy atom. The first kappa shape index (κ1) is 22.5. The molecule has 0 fully saturated rings. The Hall–Kier alpha value is 2.18. The zero-order valence-corrected chi connectivity index (χ0v) is 6.32. The van der Waals surface area contributed by atoms with Crippen LogP contribution in [0.2, 0.25) is 0 Å². The second kappa shape index (κ2) is 9.18. The van der Waals surface area contributed by atoms with Gasteiger partial charge in [-0.05, 0) is 0 Å². The van der Waals surface area contributed by atoms with E-state index in [0.29, 0.717) is 0 Å². The summed E-state index contributed by atoms with van der Waals surface area (Å²) in [6.45, 7) is 0. The van der Waals surface area contributed by atoms with E-state index in [0.717, 1.165) is 0 Å². The molecule has 0 atom stereocenters. The number of rotatable bonds is 0. The molecule has 0 spiro atoms. The van der Waals surface area contributed by atoms with Gasteiger partial charge in [0.25, 0.3) is 0 Å². The third-order valence-electron chi connectivity index (χ3n) is 0. The summed E-state index contributed by atoms with van der Waals surface area (Å²) in [6, 6.07) is 0. The average Bonchev–Trinajstić information content (AvgIpc) is 0.722. The first-order chi connectivity index (χ1) is 2.00. The van der Waals surface area contributed by atoms with Gasteiger partial charge in [-0.25, -0.2) is 4.57 Å². The number of hydrogen-bond donors (Lipinski definition) is 2. The maximum absolute atomic E-state index is 10.4. The van der Waals surface area contributed by atoms with Crippen LogP contribution in [0, 0.1) is 0 Å². The first-order valence-electron chi connectivity index (χ1n) is 0.752. The van der Waals surface area contributed by atoms with Crippen molar-refractivity contribution >= 4 is 37.5 Å². The molecule has 8 heavy (non-hydrogen) atoms. The van der Waals surface area contributed by atoms with E-state index in [-0.39, 0.29) is 65.2 Å². The molecule has 47 valence electrons. The fourth-order valence-corrected chi connectivity index (χ4v) is 0. The van der Waals surface area contributed by atoms with Crippen molar-refractivity contribution in [3.8, 4) is 0 Å². The van der Waals surface area contributed by atoms with Crippen molar-refractivity contribution in [3.63, 3.8) is 0 Å². The summed E-state index contributed by atoms with van der Waals surface area (Å²) in [4.78, 5) is 13.9. The van der Waals surface area contributed by atoms with E-state index in [1.54, 1.807) is 0 Å². The molecule has 3 nitrogen and oxygen atoms in total.